The van der Waals surface area contributed by atoms with Gasteiger partial charge in [0.15, 0.2) is 0 Å². The summed E-state index contributed by atoms with van der Waals surface area (Å²) in [6.07, 6.45) is 5.20. The van der Waals surface area contributed by atoms with Crippen molar-refractivity contribution in [3.63, 3.8) is 0 Å². The van der Waals surface area contributed by atoms with Gasteiger partial charge in [0.1, 0.15) is 18.2 Å². The van der Waals surface area contributed by atoms with Crippen LogP contribution in [0, 0.1) is 6.92 Å². The molecule has 1 saturated heterocycles. The zero-order valence-electron chi connectivity index (χ0n) is 17.1. The van der Waals surface area contributed by atoms with Crippen LogP contribution in [0.4, 0.5) is 0 Å². The topological polar surface area (TPSA) is 47.4 Å². The number of rotatable bonds is 6. The van der Waals surface area contributed by atoms with Gasteiger partial charge in [0.2, 0.25) is 5.91 Å². The third-order valence-corrected chi connectivity index (χ3v) is 5.63. The third-order valence-electron chi connectivity index (χ3n) is 5.63. The summed E-state index contributed by atoms with van der Waals surface area (Å²) in [7, 11) is 0. The molecule has 1 fully saturated rings. The number of amides is 1. The van der Waals surface area contributed by atoms with Gasteiger partial charge in [-0.25, -0.2) is 4.98 Å². The Bertz CT molecular complexity index is 954. The number of hydrogen-bond donors (Lipinski definition) is 0. The number of carbonyl (C=O) groups is 1. The van der Waals surface area contributed by atoms with Crippen molar-refractivity contribution < 1.29 is 9.53 Å². The highest BCUT2D eigenvalue weighted by atomic mass is 16.5. The summed E-state index contributed by atoms with van der Waals surface area (Å²) in [5, 5.41) is 0. The van der Waals surface area contributed by atoms with Gasteiger partial charge in [-0.1, -0.05) is 42.7 Å². The average Bonchev–Trinajstić information content (AvgIpc) is 2.90. The fourth-order valence-electron chi connectivity index (χ4n) is 3.95. The molecule has 2 aromatic carbocycles. The number of fused-ring (bicyclic) bond motifs is 1. The molecule has 1 amide bonds. The Morgan fingerprint density at radius 2 is 1.72 bits per heavy atom. The number of ether oxygens (including phenoxy) is 1. The van der Waals surface area contributed by atoms with E-state index in [1.807, 2.05) is 47.4 Å². The van der Waals surface area contributed by atoms with Gasteiger partial charge in [-0.2, -0.15) is 0 Å². The Hall–Kier alpha value is -2.82. The number of likely N-dealkylation sites (tertiary alicyclic amines) is 1. The van der Waals surface area contributed by atoms with Crippen LogP contribution in [0.5, 0.6) is 5.75 Å². The van der Waals surface area contributed by atoms with Gasteiger partial charge in [-0.05, 0) is 44.0 Å². The number of nitrogens with zero attached hydrogens (tertiary/aromatic N) is 3. The van der Waals surface area contributed by atoms with Crippen LogP contribution in [0.15, 0.2) is 48.5 Å². The summed E-state index contributed by atoms with van der Waals surface area (Å²) >= 11 is 0. The summed E-state index contributed by atoms with van der Waals surface area (Å²) in [5.41, 5.74) is 3.20. The molecule has 29 heavy (non-hydrogen) atoms. The maximum atomic E-state index is 12.8. The van der Waals surface area contributed by atoms with Gasteiger partial charge in [0.05, 0.1) is 11.0 Å². The molecule has 0 unspecified atom stereocenters. The lowest BCUT2D eigenvalue weighted by Gasteiger charge is -2.20. The van der Waals surface area contributed by atoms with Gasteiger partial charge >= 0.3 is 0 Å². The second-order valence-electron chi connectivity index (χ2n) is 7.82. The molecule has 0 radical (unpaired) electrons. The molecule has 5 nitrogen and oxygen atoms in total. The summed E-state index contributed by atoms with van der Waals surface area (Å²) < 4.78 is 8.12. The predicted molar refractivity (Wildman–Crippen MR) is 115 cm³/mol. The molecule has 0 saturated carbocycles. The third kappa shape index (κ3) is 4.78. The van der Waals surface area contributed by atoms with Crippen molar-refractivity contribution in [2.24, 2.45) is 0 Å². The van der Waals surface area contributed by atoms with Crippen LogP contribution in [-0.2, 0) is 17.9 Å². The molecule has 152 valence electrons. The predicted octanol–water partition coefficient (Wildman–Crippen LogP) is 4.72. The highest BCUT2D eigenvalue weighted by Gasteiger charge is 2.17. The van der Waals surface area contributed by atoms with Gasteiger partial charge in [0, 0.05) is 26.1 Å². The molecule has 1 aliphatic rings. The van der Waals surface area contributed by atoms with Crippen molar-refractivity contribution in [1.82, 2.24) is 14.5 Å². The van der Waals surface area contributed by atoms with Crippen LogP contribution in [0.25, 0.3) is 11.0 Å². The van der Waals surface area contributed by atoms with E-state index in [1.165, 1.54) is 18.4 Å². The lowest BCUT2D eigenvalue weighted by molar-refractivity contribution is -0.131. The van der Waals surface area contributed by atoms with Crippen LogP contribution in [0.1, 0.15) is 43.5 Å². The number of hydrogen-bond acceptors (Lipinski definition) is 3. The van der Waals surface area contributed by atoms with Crippen molar-refractivity contribution in [2.45, 2.75) is 52.2 Å². The van der Waals surface area contributed by atoms with Crippen molar-refractivity contribution in [3.05, 3.63) is 59.9 Å². The molecule has 1 aromatic heterocycles. The maximum absolute atomic E-state index is 12.8. The first-order valence-corrected chi connectivity index (χ1v) is 10.6. The van der Waals surface area contributed by atoms with E-state index >= 15 is 0 Å². The molecule has 5 heteroatoms. The lowest BCUT2D eigenvalue weighted by atomic mass is 10.2. The summed E-state index contributed by atoms with van der Waals surface area (Å²) in [5.74, 6) is 1.93. The van der Waals surface area contributed by atoms with Gasteiger partial charge in [-0.15, -0.1) is 0 Å². The van der Waals surface area contributed by atoms with E-state index in [0.29, 0.717) is 19.6 Å². The molecule has 4 rings (SSSR count). The number of benzene rings is 2. The molecular formula is C24H29N3O2. The van der Waals surface area contributed by atoms with E-state index in [4.69, 9.17) is 9.72 Å². The highest BCUT2D eigenvalue weighted by molar-refractivity contribution is 5.78. The van der Waals surface area contributed by atoms with Gasteiger partial charge < -0.3 is 14.2 Å². The van der Waals surface area contributed by atoms with Crippen molar-refractivity contribution in [2.75, 3.05) is 13.1 Å². The molecule has 0 bridgehead atoms. The fourth-order valence-corrected chi connectivity index (χ4v) is 3.95. The van der Waals surface area contributed by atoms with E-state index in [1.54, 1.807) is 0 Å². The van der Waals surface area contributed by atoms with Crippen LogP contribution in [0.3, 0.4) is 0 Å². The van der Waals surface area contributed by atoms with E-state index in [9.17, 15) is 4.79 Å². The number of aromatic nitrogens is 2. The maximum Gasteiger partial charge on any atom is 0.224 e. The van der Waals surface area contributed by atoms with E-state index in [-0.39, 0.29) is 5.91 Å². The zero-order valence-corrected chi connectivity index (χ0v) is 17.1. The van der Waals surface area contributed by atoms with Crippen molar-refractivity contribution in [1.29, 1.82) is 0 Å². The minimum atomic E-state index is 0.245. The standard InChI is InChI=1S/C24H29N3O2/c1-19-10-12-20(13-11-19)29-18-23-25-21-8-4-5-9-22(21)27(23)17-14-24(28)26-15-6-2-3-7-16-26/h4-5,8-13H,2-3,6-7,14-18H2,1H3. The zero-order chi connectivity index (χ0) is 20.1. The first-order chi connectivity index (χ1) is 14.2. The number of imidazole rings is 1. The van der Waals surface area contributed by atoms with Gasteiger partial charge in [-0.3, -0.25) is 4.79 Å². The van der Waals surface area contributed by atoms with Crippen LogP contribution in [0.2, 0.25) is 0 Å². The SMILES string of the molecule is Cc1ccc(OCc2nc3ccccc3n2CCC(=O)N2CCCCCC2)cc1. The number of para-hydroxylation sites is 2. The Balaban J connectivity index is 1.48. The van der Waals surface area contributed by atoms with Crippen molar-refractivity contribution in [3.8, 4) is 5.75 Å². The average molecular weight is 392 g/mol. The molecule has 0 atom stereocenters. The quantitative estimate of drug-likeness (QED) is 0.611. The second kappa shape index (κ2) is 9.12. The Morgan fingerprint density at radius 3 is 2.48 bits per heavy atom. The minimum Gasteiger partial charge on any atom is -0.486 e. The Kier molecular flexibility index (Phi) is 6.13. The second-order valence-corrected chi connectivity index (χ2v) is 7.82. The minimum absolute atomic E-state index is 0.245. The smallest absolute Gasteiger partial charge is 0.224 e. The van der Waals surface area contributed by atoms with E-state index in [2.05, 4.69) is 17.6 Å². The highest BCUT2D eigenvalue weighted by Crippen LogP contribution is 2.20. The summed E-state index contributed by atoms with van der Waals surface area (Å²) in [6.45, 7) is 4.86. The molecule has 2 heterocycles. The largest absolute Gasteiger partial charge is 0.486 e. The summed E-state index contributed by atoms with van der Waals surface area (Å²) in [4.78, 5) is 19.6. The number of carbonyl (C=O) groups excluding carboxylic acids is 1. The first-order valence-electron chi connectivity index (χ1n) is 10.6. The van der Waals surface area contributed by atoms with E-state index < -0.39 is 0 Å². The number of aryl methyl sites for hydroxylation is 2. The molecule has 1 aliphatic heterocycles. The lowest BCUT2D eigenvalue weighted by Crippen LogP contribution is -2.32. The normalized spacial score (nSPS) is 14.7. The molecule has 0 aliphatic carbocycles. The summed E-state index contributed by atoms with van der Waals surface area (Å²) in [6, 6.07) is 16.1. The first kappa shape index (κ1) is 19.5. The molecular weight excluding hydrogens is 362 g/mol. The van der Waals surface area contributed by atoms with Crippen molar-refractivity contribution >= 4 is 16.9 Å². The molecule has 0 spiro atoms. The monoisotopic (exact) mass is 391 g/mol. The van der Waals surface area contributed by atoms with Crippen LogP contribution in [-0.4, -0.2) is 33.4 Å². The Morgan fingerprint density at radius 1 is 1.00 bits per heavy atom. The van der Waals surface area contributed by atoms with Crippen LogP contribution < -0.4 is 4.74 Å². The van der Waals surface area contributed by atoms with Gasteiger partial charge in [0.25, 0.3) is 0 Å². The van der Waals surface area contributed by atoms with E-state index in [0.717, 1.165) is 48.5 Å². The molecule has 0 N–H and O–H groups in total. The Labute approximate surface area is 172 Å². The van der Waals surface area contributed by atoms with Crippen LogP contribution >= 0.6 is 0 Å². The fraction of sp³-hybridized carbons (Fsp3) is 0.417. The molecule has 3 aromatic rings.